The van der Waals surface area contributed by atoms with Crippen LogP contribution in [0.1, 0.15) is 93.7 Å². The highest BCUT2D eigenvalue weighted by Crippen LogP contribution is 2.40. The Bertz CT molecular complexity index is 1520. The van der Waals surface area contributed by atoms with Gasteiger partial charge >= 0.3 is 5.97 Å². The number of hydrogen-bond donors (Lipinski definition) is 2. The quantitative estimate of drug-likeness (QED) is 0.275. The number of amides is 2. The van der Waals surface area contributed by atoms with Crippen LogP contribution in [0, 0.1) is 12.8 Å². The van der Waals surface area contributed by atoms with Gasteiger partial charge in [0.15, 0.2) is 0 Å². The number of benzene rings is 2. The zero-order valence-corrected chi connectivity index (χ0v) is 25.9. The second-order valence-electron chi connectivity index (χ2n) is 12.5. The van der Waals surface area contributed by atoms with Crippen molar-refractivity contribution in [3.05, 3.63) is 81.2 Å². The van der Waals surface area contributed by atoms with Crippen molar-refractivity contribution in [2.75, 3.05) is 17.3 Å². The number of nitrogens with one attached hydrogen (secondary N) is 1. The van der Waals surface area contributed by atoms with Crippen molar-refractivity contribution >= 4 is 39.8 Å². The molecule has 0 saturated heterocycles. The number of carboxylic acid groups (broad SMARTS) is 1. The molecule has 0 unspecified atom stereocenters. The van der Waals surface area contributed by atoms with E-state index in [-0.39, 0.29) is 17.7 Å². The summed E-state index contributed by atoms with van der Waals surface area (Å²) in [5.41, 5.74) is 5.31. The van der Waals surface area contributed by atoms with Gasteiger partial charge in [-0.25, -0.2) is 0 Å². The average molecular weight is 600 g/mol. The number of hydrogen-bond acceptors (Lipinski definition) is 5. The number of aliphatic carboxylic acids is 1. The fourth-order valence-electron chi connectivity index (χ4n) is 6.82. The smallest absolute Gasteiger partial charge is 0.306 e. The van der Waals surface area contributed by atoms with Gasteiger partial charge < -0.3 is 15.3 Å². The Kier molecular flexibility index (Phi) is 8.68. The van der Waals surface area contributed by atoms with Gasteiger partial charge in [0.25, 0.3) is 11.8 Å². The molecular formula is C35H41N3O4S. The molecule has 3 aromatic rings. The molecule has 0 radical (unpaired) electrons. The first kappa shape index (κ1) is 29.6. The molecule has 0 spiro atoms. The molecule has 1 heterocycles. The first-order chi connectivity index (χ1) is 20.8. The Labute approximate surface area is 257 Å². The van der Waals surface area contributed by atoms with Crippen molar-refractivity contribution in [3.63, 3.8) is 0 Å². The van der Waals surface area contributed by atoms with Crippen LogP contribution < -0.4 is 10.2 Å². The lowest BCUT2D eigenvalue weighted by atomic mass is 9.85. The predicted octanol–water partition coefficient (Wildman–Crippen LogP) is 7.07. The lowest BCUT2D eigenvalue weighted by Crippen LogP contribution is -2.40. The molecular weight excluding hydrogens is 558 g/mol. The second-order valence-corrected chi connectivity index (χ2v) is 13.6. The van der Waals surface area contributed by atoms with E-state index in [1.165, 1.54) is 17.7 Å². The number of carbonyl (C=O) groups excluding carboxylic acids is 2. The normalized spacial score (nSPS) is 20.0. The maximum atomic E-state index is 13.9. The van der Waals surface area contributed by atoms with Crippen LogP contribution in [-0.2, 0) is 24.2 Å². The molecule has 7 nitrogen and oxygen atoms in total. The monoisotopic (exact) mass is 599 g/mol. The lowest BCUT2D eigenvalue weighted by Gasteiger charge is -2.36. The number of aryl methyl sites for hydroxylation is 2. The van der Waals surface area contributed by atoms with Crippen LogP contribution in [0.25, 0.3) is 0 Å². The maximum absolute atomic E-state index is 13.9. The van der Waals surface area contributed by atoms with Crippen LogP contribution >= 0.6 is 11.3 Å². The standard InChI is InChI=1S/C35H41N3O4S/c1-22-7-5-10-28(19-22)37(2)34(40)31-29-11-3-4-12-30(29)43-33(31)36-32(39)25-9-6-8-23(20-25)21-38(27-17-18-27)26-15-13-24(14-16-26)35(41)42/h5-10,19-20,24,26-27H,3-4,11-18,21H2,1-2H3,(H,36,39)(H,41,42). The Hall–Kier alpha value is -3.49. The molecule has 2 amide bonds. The van der Waals surface area contributed by atoms with Crippen molar-refractivity contribution in [1.29, 1.82) is 0 Å². The molecule has 0 atom stereocenters. The summed E-state index contributed by atoms with van der Waals surface area (Å²) in [5, 5.41) is 13.2. The van der Waals surface area contributed by atoms with Crippen molar-refractivity contribution < 1.29 is 19.5 Å². The number of carboxylic acids is 1. The summed E-state index contributed by atoms with van der Waals surface area (Å²) >= 11 is 1.55. The highest BCUT2D eigenvalue weighted by molar-refractivity contribution is 7.17. The number of rotatable bonds is 9. The third kappa shape index (κ3) is 6.55. The van der Waals surface area contributed by atoms with E-state index < -0.39 is 5.97 Å². The molecule has 6 rings (SSSR count). The van der Waals surface area contributed by atoms with Gasteiger partial charge in [0, 0.05) is 41.8 Å². The Balaban J connectivity index is 1.20. The van der Waals surface area contributed by atoms with Gasteiger partial charge in [0.2, 0.25) is 0 Å². The van der Waals surface area contributed by atoms with Crippen LogP contribution in [-0.4, -0.2) is 46.9 Å². The number of thiophene rings is 1. The van der Waals surface area contributed by atoms with Crippen LogP contribution in [0.5, 0.6) is 0 Å². The summed E-state index contributed by atoms with van der Waals surface area (Å²) in [4.78, 5) is 44.5. The molecule has 2 saturated carbocycles. The van der Waals surface area contributed by atoms with E-state index in [1.807, 2.05) is 49.4 Å². The molecule has 2 N–H and O–H groups in total. The molecule has 43 heavy (non-hydrogen) atoms. The minimum atomic E-state index is -0.673. The molecule has 1 aromatic heterocycles. The highest BCUT2D eigenvalue weighted by Gasteiger charge is 2.37. The van der Waals surface area contributed by atoms with E-state index >= 15 is 0 Å². The topological polar surface area (TPSA) is 90.0 Å². The SMILES string of the molecule is Cc1cccc(N(C)C(=O)c2c(NC(=O)c3cccc(CN(C4CCC(C(=O)O)CC4)C4CC4)c3)sc3c2CCCC3)c1. The van der Waals surface area contributed by atoms with Crippen LogP contribution in [0.4, 0.5) is 10.7 Å². The summed E-state index contributed by atoms with van der Waals surface area (Å²) in [6.45, 7) is 2.77. The summed E-state index contributed by atoms with van der Waals surface area (Å²) in [7, 11) is 1.80. The van der Waals surface area contributed by atoms with Gasteiger partial charge in [0.1, 0.15) is 5.00 Å². The van der Waals surface area contributed by atoms with Crippen LogP contribution in [0.15, 0.2) is 48.5 Å². The molecule has 3 aliphatic carbocycles. The Morgan fingerprint density at radius 1 is 0.930 bits per heavy atom. The van der Waals surface area contributed by atoms with Crippen molar-refractivity contribution in [1.82, 2.24) is 4.90 Å². The third-order valence-corrected chi connectivity index (χ3v) is 10.6. The molecule has 2 aromatic carbocycles. The predicted molar refractivity (Wildman–Crippen MR) is 171 cm³/mol. The number of anilines is 2. The van der Waals surface area contributed by atoms with Crippen LogP contribution in [0.2, 0.25) is 0 Å². The van der Waals surface area contributed by atoms with E-state index in [0.717, 1.165) is 80.3 Å². The zero-order chi connectivity index (χ0) is 30.1. The zero-order valence-electron chi connectivity index (χ0n) is 25.1. The molecule has 2 fully saturated rings. The van der Waals surface area contributed by atoms with Crippen molar-refractivity contribution in [3.8, 4) is 0 Å². The first-order valence-corrected chi connectivity index (χ1v) is 16.5. The molecule has 0 bridgehead atoms. The molecule has 226 valence electrons. The fourth-order valence-corrected chi connectivity index (χ4v) is 8.09. The summed E-state index contributed by atoms with van der Waals surface area (Å²) in [5.74, 6) is -1.19. The minimum Gasteiger partial charge on any atom is -0.481 e. The average Bonchev–Trinajstić information content (AvgIpc) is 3.80. The van der Waals surface area contributed by atoms with Gasteiger partial charge in [-0.15, -0.1) is 11.3 Å². The highest BCUT2D eigenvalue weighted by atomic mass is 32.1. The summed E-state index contributed by atoms with van der Waals surface area (Å²) in [6, 6.07) is 16.7. The van der Waals surface area contributed by atoms with Gasteiger partial charge in [-0.3, -0.25) is 19.3 Å². The van der Waals surface area contributed by atoms with E-state index in [9.17, 15) is 19.5 Å². The number of nitrogens with zero attached hydrogens (tertiary/aromatic N) is 2. The first-order valence-electron chi connectivity index (χ1n) is 15.7. The van der Waals surface area contributed by atoms with Crippen LogP contribution in [0.3, 0.4) is 0 Å². The third-order valence-electron chi connectivity index (χ3n) is 9.39. The van der Waals surface area contributed by atoms with Crippen molar-refractivity contribution in [2.24, 2.45) is 5.92 Å². The summed E-state index contributed by atoms with van der Waals surface area (Å²) < 4.78 is 0. The van der Waals surface area contributed by atoms with Gasteiger partial charge in [0.05, 0.1) is 11.5 Å². The van der Waals surface area contributed by atoms with Gasteiger partial charge in [-0.05, 0) is 112 Å². The van der Waals surface area contributed by atoms with Gasteiger partial charge in [-0.2, -0.15) is 0 Å². The van der Waals surface area contributed by atoms with E-state index in [2.05, 4.69) is 16.3 Å². The Morgan fingerprint density at radius 3 is 2.33 bits per heavy atom. The number of carbonyl (C=O) groups is 3. The van der Waals surface area contributed by atoms with Crippen molar-refractivity contribution in [2.45, 2.75) is 89.8 Å². The van der Waals surface area contributed by atoms with Gasteiger partial charge in [-0.1, -0.05) is 24.3 Å². The van der Waals surface area contributed by atoms with E-state index in [4.69, 9.17) is 0 Å². The maximum Gasteiger partial charge on any atom is 0.306 e. The second kappa shape index (κ2) is 12.6. The Morgan fingerprint density at radius 2 is 1.63 bits per heavy atom. The molecule has 8 heteroatoms. The van der Waals surface area contributed by atoms with E-state index in [0.29, 0.717) is 28.2 Å². The minimum absolute atomic E-state index is 0.0910. The number of fused-ring (bicyclic) bond motifs is 1. The summed E-state index contributed by atoms with van der Waals surface area (Å²) in [6.07, 6.45) is 9.56. The van der Waals surface area contributed by atoms with E-state index in [1.54, 1.807) is 23.3 Å². The molecule has 3 aliphatic rings. The molecule has 0 aliphatic heterocycles. The lowest BCUT2D eigenvalue weighted by molar-refractivity contribution is -0.143. The fraction of sp³-hybridized carbons (Fsp3) is 0.457. The largest absolute Gasteiger partial charge is 0.481 e.